The SMILES string of the molecule is CC[B]NCCCC. The lowest BCUT2D eigenvalue weighted by Crippen LogP contribution is -2.18. The van der Waals surface area contributed by atoms with E-state index in [2.05, 4.69) is 26.5 Å². The van der Waals surface area contributed by atoms with Gasteiger partial charge in [0.25, 0.3) is 0 Å². The van der Waals surface area contributed by atoms with Crippen molar-refractivity contribution >= 4 is 7.41 Å². The number of hydrogen-bond acceptors (Lipinski definition) is 1. The van der Waals surface area contributed by atoms with E-state index in [0.717, 1.165) is 12.9 Å². The molecular weight excluding hydrogens is 96.9 g/mol. The van der Waals surface area contributed by atoms with Gasteiger partial charge < -0.3 is 5.23 Å². The molecule has 0 unspecified atom stereocenters. The second kappa shape index (κ2) is 7.02. The fourth-order valence-corrected chi connectivity index (χ4v) is 0.525. The van der Waals surface area contributed by atoms with Crippen LogP contribution in [0.15, 0.2) is 0 Å². The Balaban J connectivity index is 2.53. The molecule has 1 nitrogen and oxygen atoms in total. The Labute approximate surface area is 53.1 Å². The number of hydrogen-bond donors (Lipinski definition) is 1. The molecule has 0 spiro atoms. The lowest BCUT2D eigenvalue weighted by Gasteiger charge is -1.96. The number of nitrogens with one attached hydrogen (secondary N) is 1. The van der Waals surface area contributed by atoms with E-state index < -0.39 is 0 Å². The zero-order valence-corrected chi connectivity index (χ0v) is 5.91. The maximum atomic E-state index is 3.21. The molecule has 0 aromatic carbocycles. The van der Waals surface area contributed by atoms with E-state index in [9.17, 15) is 0 Å². The second-order valence-electron chi connectivity index (χ2n) is 1.92. The fraction of sp³-hybridized carbons (Fsp3) is 1.00. The average molecular weight is 112 g/mol. The highest BCUT2D eigenvalue weighted by Crippen LogP contribution is 1.81. The monoisotopic (exact) mass is 112 g/mol. The number of rotatable bonds is 5. The van der Waals surface area contributed by atoms with Crippen molar-refractivity contribution in [1.82, 2.24) is 5.23 Å². The zero-order chi connectivity index (χ0) is 6.24. The van der Waals surface area contributed by atoms with Gasteiger partial charge in [0.05, 0.1) is 0 Å². The summed E-state index contributed by atoms with van der Waals surface area (Å²) >= 11 is 0. The molecule has 0 aromatic heterocycles. The molecule has 0 bridgehead atoms. The van der Waals surface area contributed by atoms with E-state index in [1.807, 2.05) is 0 Å². The standard InChI is InChI=1S/C6H15BN/c1-3-5-6-8-7-4-2/h8H,3-6H2,1-2H3. The molecule has 0 heterocycles. The quantitative estimate of drug-likeness (QED) is 0.419. The first-order valence-electron chi connectivity index (χ1n) is 3.46. The first-order chi connectivity index (χ1) is 3.91. The maximum absolute atomic E-state index is 3.21. The molecule has 47 valence electrons. The van der Waals surface area contributed by atoms with Crippen LogP contribution in [0.2, 0.25) is 6.32 Å². The van der Waals surface area contributed by atoms with Crippen molar-refractivity contribution in [2.24, 2.45) is 0 Å². The molecule has 0 rings (SSSR count). The molecule has 0 aromatic rings. The van der Waals surface area contributed by atoms with Crippen LogP contribution in [0.25, 0.3) is 0 Å². The Bertz CT molecular complexity index is 33.5. The maximum Gasteiger partial charge on any atom is 0.204 e. The normalized spacial score (nSPS) is 9.25. The molecular formula is C6H15BN. The highest BCUT2D eigenvalue weighted by molar-refractivity contribution is 6.31. The summed E-state index contributed by atoms with van der Waals surface area (Å²) in [6.07, 6.45) is 3.70. The molecule has 8 heavy (non-hydrogen) atoms. The van der Waals surface area contributed by atoms with Crippen molar-refractivity contribution in [3.8, 4) is 0 Å². The summed E-state index contributed by atoms with van der Waals surface area (Å²) in [6.45, 7) is 5.48. The molecule has 0 saturated carbocycles. The molecule has 1 radical (unpaired) electrons. The van der Waals surface area contributed by atoms with Crippen LogP contribution in [-0.4, -0.2) is 14.0 Å². The van der Waals surface area contributed by atoms with Crippen LogP contribution in [0.3, 0.4) is 0 Å². The van der Waals surface area contributed by atoms with Crippen molar-refractivity contribution in [2.75, 3.05) is 6.54 Å². The smallest absolute Gasteiger partial charge is 0.204 e. The molecule has 0 aliphatic rings. The highest BCUT2D eigenvalue weighted by atomic mass is 14.7. The fourth-order valence-electron chi connectivity index (χ4n) is 0.525. The van der Waals surface area contributed by atoms with Gasteiger partial charge in [-0.2, -0.15) is 0 Å². The van der Waals surface area contributed by atoms with Crippen LogP contribution in [0, 0.1) is 0 Å². The molecule has 0 saturated heterocycles. The molecule has 0 aliphatic carbocycles. The van der Waals surface area contributed by atoms with E-state index in [1.165, 1.54) is 12.8 Å². The summed E-state index contributed by atoms with van der Waals surface area (Å²) in [4.78, 5) is 0. The first-order valence-corrected chi connectivity index (χ1v) is 3.46. The summed E-state index contributed by atoms with van der Waals surface area (Å²) in [5, 5.41) is 3.21. The van der Waals surface area contributed by atoms with E-state index in [-0.39, 0.29) is 0 Å². The summed E-state index contributed by atoms with van der Waals surface area (Å²) in [6, 6.07) is 0. The summed E-state index contributed by atoms with van der Waals surface area (Å²) < 4.78 is 0. The van der Waals surface area contributed by atoms with E-state index in [1.54, 1.807) is 0 Å². The van der Waals surface area contributed by atoms with Gasteiger partial charge in [0.2, 0.25) is 7.41 Å². The van der Waals surface area contributed by atoms with Gasteiger partial charge in [0.1, 0.15) is 0 Å². The topological polar surface area (TPSA) is 12.0 Å². The third-order valence-corrected chi connectivity index (χ3v) is 1.02. The summed E-state index contributed by atoms with van der Waals surface area (Å²) in [5.74, 6) is 0. The van der Waals surface area contributed by atoms with Gasteiger partial charge in [0, 0.05) is 0 Å². The number of unbranched alkanes of at least 4 members (excludes halogenated alkanes) is 1. The van der Waals surface area contributed by atoms with Crippen molar-refractivity contribution < 1.29 is 0 Å². The molecule has 0 fully saturated rings. The van der Waals surface area contributed by atoms with Crippen LogP contribution in [0.4, 0.5) is 0 Å². The van der Waals surface area contributed by atoms with E-state index >= 15 is 0 Å². The van der Waals surface area contributed by atoms with Gasteiger partial charge in [-0.25, -0.2) is 0 Å². The molecule has 0 atom stereocenters. The van der Waals surface area contributed by atoms with Gasteiger partial charge in [-0.1, -0.05) is 26.6 Å². The third kappa shape index (κ3) is 6.02. The Hall–Kier alpha value is 0.0249. The average Bonchev–Trinajstić information content (AvgIpc) is 1.81. The van der Waals surface area contributed by atoms with Gasteiger partial charge in [-0.3, -0.25) is 0 Å². The van der Waals surface area contributed by atoms with Crippen molar-refractivity contribution in [2.45, 2.75) is 33.0 Å². The predicted molar refractivity (Wildman–Crippen MR) is 39.1 cm³/mol. The van der Waals surface area contributed by atoms with Crippen LogP contribution in [0.1, 0.15) is 26.7 Å². The highest BCUT2D eigenvalue weighted by Gasteiger charge is 1.83. The summed E-state index contributed by atoms with van der Waals surface area (Å²) in [7, 11) is 2.11. The van der Waals surface area contributed by atoms with Crippen LogP contribution < -0.4 is 5.23 Å². The molecule has 0 amide bonds. The Morgan fingerprint density at radius 1 is 1.38 bits per heavy atom. The minimum absolute atomic E-state index is 1.13. The van der Waals surface area contributed by atoms with Gasteiger partial charge in [-0.05, 0) is 13.0 Å². The predicted octanol–water partition coefficient (Wildman–Crippen LogP) is 1.43. The van der Waals surface area contributed by atoms with E-state index in [0.29, 0.717) is 0 Å². The van der Waals surface area contributed by atoms with Crippen LogP contribution >= 0.6 is 0 Å². The lowest BCUT2D eigenvalue weighted by molar-refractivity contribution is 0.765. The van der Waals surface area contributed by atoms with Gasteiger partial charge >= 0.3 is 0 Å². The Morgan fingerprint density at radius 3 is 2.62 bits per heavy atom. The molecule has 0 aliphatic heterocycles. The lowest BCUT2D eigenvalue weighted by atomic mass is 9.91. The minimum atomic E-state index is 1.13. The van der Waals surface area contributed by atoms with Crippen molar-refractivity contribution in [3.05, 3.63) is 0 Å². The first kappa shape index (κ1) is 8.02. The third-order valence-electron chi connectivity index (χ3n) is 1.02. The summed E-state index contributed by atoms with van der Waals surface area (Å²) in [5.41, 5.74) is 0. The Kier molecular flexibility index (Phi) is 7.05. The van der Waals surface area contributed by atoms with Gasteiger partial charge in [-0.15, -0.1) is 0 Å². The molecule has 1 N–H and O–H groups in total. The largest absolute Gasteiger partial charge is 0.360 e. The van der Waals surface area contributed by atoms with Crippen molar-refractivity contribution in [3.63, 3.8) is 0 Å². The van der Waals surface area contributed by atoms with Crippen LogP contribution in [-0.2, 0) is 0 Å². The second-order valence-corrected chi connectivity index (χ2v) is 1.92. The Morgan fingerprint density at radius 2 is 2.12 bits per heavy atom. The molecule has 2 heteroatoms. The zero-order valence-electron chi connectivity index (χ0n) is 5.91. The van der Waals surface area contributed by atoms with Crippen LogP contribution in [0.5, 0.6) is 0 Å². The minimum Gasteiger partial charge on any atom is -0.360 e. The van der Waals surface area contributed by atoms with E-state index in [4.69, 9.17) is 0 Å². The van der Waals surface area contributed by atoms with Gasteiger partial charge in [0.15, 0.2) is 0 Å². The van der Waals surface area contributed by atoms with Crippen molar-refractivity contribution in [1.29, 1.82) is 0 Å².